The van der Waals surface area contributed by atoms with Crippen molar-refractivity contribution in [1.29, 1.82) is 0 Å². The largest absolute Gasteiger partial charge is 0.459 e. The second-order valence-corrected chi connectivity index (χ2v) is 7.92. The van der Waals surface area contributed by atoms with Gasteiger partial charge in [-0.3, -0.25) is 4.79 Å². The highest BCUT2D eigenvalue weighted by molar-refractivity contribution is 5.79. The van der Waals surface area contributed by atoms with Gasteiger partial charge in [-0.25, -0.2) is 4.79 Å². The van der Waals surface area contributed by atoms with Crippen molar-refractivity contribution < 1.29 is 19.1 Å². The number of fused-ring (bicyclic) bond motifs is 2. The van der Waals surface area contributed by atoms with Gasteiger partial charge in [0.1, 0.15) is 6.10 Å². The molecule has 0 aromatic heterocycles. The highest BCUT2D eigenvalue weighted by Crippen LogP contribution is 2.52. The second-order valence-electron chi connectivity index (χ2n) is 7.92. The summed E-state index contributed by atoms with van der Waals surface area (Å²) in [6.45, 7) is 9.73. The summed E-state index contributed by atoms with van der Waals surface area (Å²) in [5.74, 6) is 1.46. The van der Waals surface area contributed by atoms with E-state index in [2.05, 4.69) is 13.8 Å². The fourth-order valence-electron chi connectivity index (χ4n) is 4.03. The Hall–Kier alpha value is -1.06. The summed E-state index contributed by atoms with van der Waals surface area (Å²) in [7, 11) is 0. The number of ether oxygens (including phenoxy) is 2. The molecule has 22 heavy (non-hydrogen) atoms. The first kappa shape index (κ1) is 17.3. The number of esters is 2. The quantitative estimate of drug-likeness (QED) is 0.704. The molecule has 0 saturated heterocycles. The predicted molar refractivity (Wildman–Crippen MR) is 84.1 cm³/mol. The molecule has 4 unspecified atom stereocenters. The minimum atomic E-state index is -0.548. The zero-order valence-electron chi connectivity index (χ0n) is 14.6. The molecule has 2 saturated carbocycles. The van der Waals surface area contributed by atoms with Gasteiger partial charge in [0.15, 0.2) is 6.61 Å². The number of hydrogen-bond acceptors (Lipinski definition) is 4. The lowest BCUT2D eigenvalue weighted by atomic mass is 9.79. The zero-order chi connectivity index (χ0) is 16.5. The topological polar surface area (TPSA) is 52.6 Å². The van der Waals surface area contributed by atoms with Crippen molar-refractivity contribution in [3.8, 4) is 0 Å². The van der Waals surface area contributed by atoms with Gasteiger partial charge in [0.25, 0.3) is 0 Å². The first-order valence-electron chi connectivity index (χ1n) is 8.63. The van der Waals surface area contributed by atoms with Crippen molar-refractivity contribution in [3.05, 3.63) is 0 Å². The van der Waals surface area contributed by atoms with Crippen LogP contribution in [0.3, 0.4) is 0 Å². The maximum absolute atomic E-state index is 12.1. The Bertz CT molecular complexity index is 427. The average Bonchev–Trinajstić information content (AvgIpc) is 3.05. The summed E-state index contributed by atoms with van der Waals surface area (Å²) in [6.07, 6.45) is 4.31. The Kier molecular flexibility index (Phi) is 5.18. The Morgan fingerprint density at radius 2 is 1.82 bits per heavy atom. The van der Waals surface area contributed by atoms with Crippen LogP contribution in [0.25, 0.3) is 0 Å². The normalized spacial score (nSPS) is 30.6. The number of hydrogen-bond donors (Lipinski definition) is 0. The first-order valence-corrected chi connectivity index (χ1v) is 8.63. The third-order valence-corrected chi connectivity index (χ3v) is 5.70. The lowest BCUT2D eigenvalue weighted by Gasteiger charge is -2.33. The minimum Gasteiger partial charge on any atom is -0.459 e. The molecule has 0 aliphatic heterocycles. The molecular formula is C18H30O4. The van der Waals surface area contributed by atoms with Crippen molar-refractivity contribution in [1.82, 2.24) is 0 Å². The lowest BCUT2D eigenvalue weighted by Crippen LogP contribution is -2.37. The second kappa shape index (κ2) is 6.59. The summed E-state index contributed by atoms with van der Waals surface area (Å²) in [5, 5.41) is 0. The monoisotopic (exact) mass is 310 g/mol. The fourth-order valence-corrected chi connectivity index (χ4v) is 4.03. The van der Waals surface area contributed by atoms with Gasteiger partial charge >= 0.3 is 11.9 Å². The van der Waals surface area contributed by atoms with Gasteiger partial charge < -0.3 is 9.47 Å². The van der Waals surface area contributed by atoms with Crippen LogP contribution in [0.4, 0.5) is 0 Å². The van der Waals surface area contributed by atoms with Gasteiger partial charge in [0, 0.05) is 5.92 Å². The number of carbonyl (C=O) groups excluding carboxylic acids is 2. The molecule has 0 aromatic carbocycles. The van der Waals surface area contributed by atoms with Crippen LogP contribution < -0.4 is 0 Å². The van der Waals surface area contributed by atoms with Crippen molar-refractivity contribution >= 4 is 11.9 Å². The molecule has 126 valence electrons. The predicted octanol–water partition coefficient (Wildman–Crippen LogP) is 3.58. The standard InChI is InChI=1S/C18H30O4/c1-6-18(4,5)17(20)21-10-14(19)22-16-13-8-7-12(9-13)15(16)11(2)3/h11-13,15-16H,6-10H2,1-5H3. The van der Waals surface area contributed by atoms with Crippen LogP contribution in [-0.2, 0) is 19.1 Å². The maximum Gasteiger partial charge on any atom is 0.344 e. The number of carbonyl (C=O) groups is 2. The van der Waals surface area contributed by atoms with Gasteiger partial charge in [-0.05, 0) is 57.3 Å². The van der Waals surface area contributed by atoms with Crippen molar-refractivity contribution in [2.24, 2.45) is 29.1 Å². The van der Waals surface area contributed by atoms with Crippen molar-refractivity contribution in [2.75, 3.05) is 6.61 Å². The van der Waals surface area contributed by atoms with E-state index in [1.807, 2.05) is 20.8 Å². The molecule has 0 heterocycles. The molecule has 4 nitrogen and oxygen atoms in total. The van der Waals surface area contributed by atoms with Gasteiger partial charge in [0.05, 0.1) is 5.41 Å². The van der Waals surface area contributed by atoms with Crippen molar-refractivity contribution in [3.63, 3.8) is 0 Å². The summed E-state index contributed by atoms with van der Waals surface area (Å²) in [5.41, 5.74) is -0.548. The van der Waals surface area contributed by atoms with E-state index >= 15 is 0 Å². The van der Waals surface area contributed by atoms with E-state index in [-0.39, 0.29) is 18.7 Å². The molecule has 0 radical (unpaired) electrons. The third kappa shape index (κ3) is 3.47. The van der Waals surface area contributed by atoms with Gasteiger partial charge in [-0.2, -0.15) is 0 Å². The van der Waals surface area contributed by atoms with Crippen LogP contribution >= 0.6 is 0 Å². The number of rotatable bonds is 6. The maximum atomic E-state index is 12.1. The van der Waals surface area contributed by atoms with Crippen LogP contribution in [0, 0.1) is 29.1 Å². The van der Waals surface area contributed by atoms with Gasteiger partial charge in [-0.1, -0.05) is 20.8 Å². The van der Waals surface area contributed by atoms with Gasteiger partial charge in [0.2, 0.25) is 0 Å². The minimum absolute atomic E-state index is 0.0177. The lowest BCUT2D eigenvalue weighted by molar-refractivity contribution is -0.171. The molecule has 0 amide bonds. The summed E-state index contributed by atoms with van der Waals surface area (Å²) < 4.78 is 10.8. The molecule has 2 aliphatic rings. The van der Waals surface area contributed by atoms with E-state index in [1.54, 1.807) is 0 Å². The Labute approximate surface area is 133 Å². The molecule has 4 heteroatoms. The molecule has 2 fully saturated rings. The van der Waals surface area contributed by atoms with E-state index < -0.39 is 11.4 Å². The molecule has 0 aromatic rings. The zero-order valence-corrected chi connectivity index (χ0v) is 14.6. The molecule has 2 bridgehead atoms. The third-order valence-electron chi connectivity index (χ3n) is 5.70. The Balaban J connectivity index is 1.86. The van der Waals surface area contributed by atoms with E-state index in [1.165, 1.54) is 12.8 Å². The molecule has 0 N–H and O–H groups in total. The summed E-state index contributed by atoms with van der Waals surface area (Å²) in [4.78, 5) is 24.0. The summed E-state index contributed by atoms with van der Waals surface area (Å²) in [6, 6.07) is 0. The smallest absolute Gasteiger partial charge is 0.344 e. The van der Waals surface area contributed by atoms with E-state index in [4.69, 9.17) is 9.47 Å². The average molecular weight is 310 g/mol. The van der Waals surface area contributed by atoms with Crippen LogP contribution in [0.1, 0.15) is 60.3 Å². The highest BCUT2D eigenvalue weighted by atomic mass is 16.6. The molecule has 2 aliphatic carbocycles. The van der Waals surface area contributed by atoms with Crippen LogP contribution in [0.5, 0.6) is 0 Å². The first-order chi connectivity index (χ1) is 10.3. The van der Waals surface area contributed by atoms with E-state index in [9.17, 15) is 9.59 Å². The SMILES string of the molecule is CCC(C)(C)C(=O)OCC(=O)OC1C2CCC(C2)C1C(C)C. The molecule has 4 atom stereocenters. The van der Waals surface area contributed by atoms with Crippen LogP contribution in [0.15, 0.2) is 0 Å². The highest BCUT2D eigenvalue weighted by Gasteiger charge is 2.50. The van der Waals surface area contributed by atoms with Crippen LogP contribution in [-0.4, -0.2) is 24.6 Å². The van der Waals surface area contributed by atoms with Crippen LogP contribution in [0.2, 0.25) is 0 Å². The van der Waals surface area contributed by atoms with Crippen molar-refractivity contribution in [2.45, 2.75) is 66.4 Å². The molecule has 2 rings (SSSR count). The van der Waals surface area contributed by atoms with E-state index in [0.717, 1.165) is 6.42 Å². The Morgan fingerprint density at radius 3 is 2.41 bits per heavy atom. The van der Waals surface area contributed by atoms with Gasteiger partial charge in [-0.15, -0.1) is 0 Å². The van der Waals surface area contributed by atoms with E-state index in [0.29, 0.717) is 30.1 Å². The molecular weight excluding hydrogens is 280 g/mol. The molecule has 0 spiro atoms. The fraction of sp³-hybridized carbons (Fsp3) is 0.889. The summed E-state index contributed by atoms with van der Waals surface area (Å²) >= 11 is 0. The Morgan fingerprint density at radius 1 is 1.18 bits per heavy atom.